The third-order valence-electron chi connectivity index (χ3n) is 3.19. The van der Waals surface area contributed by atoms with Crippen LogP contribution in [0.5, 0.6) is 0 Å². The van der Waals surface area contributed by atoms with Gasteiger partial charge < -0.3 is 14.5 Å². The van der Waals surface area contributed by atoms with Crippen molar-refractivity contribution in [2.75, 3.05) is 24.5 Å². The Morgan fingerprint density at radius 2 is 2.05 bits per heavy atom. The first kappa shape index (κ1) is 16.0. The number of ether oxygens (including phenoxy) is 1. The predicted molar refractivity (Wildman–Crippen MR) is 84.3 cm³/mol. The van der Waals surface area contributed by atoms with Gasteiger partial charge in [0.05, 0.1) is 12.4 Å². The third-order valence-corrected chi connectivity index (χ3v) is 3.60. The molecule has 1 unspecified atom stereocenters. The van der Waals surface area contributed by atoms with Gasteiger partial charge >= 0.3 is 6.09 Å². The van der Waals surface area contributed by atoms with Gasteiger partial charge in [-0.2, -0.15) is 0 Å². The zero-order valence-corrected chi connectivity index (χ0v) is 14.4. The van der Waals surface area contributed by atoms with Crippen molar-refractivity contribution in [3.8, 4) is 0 Å². The van der Waals surface area contributed by atoms with Crippen LogP contribution in [0.25, 0.3) is 0 Å². The number of halogens is 1. The first-order valence-electron chi connectivity index (χ1n) is 6.98. The van der Waals surface area contributed by atoms with E-state index < -0.39 is 5.60 Å². The lowest BCUT2D eigenvalue weighted by atomic mass is 10.2. The van der Waals surface area contributed by atoms with Crippen molar-refractivity contribution < 1.29 is 9.53 Å². The molecule has 0 aliphatic carbocycles. The lowest BCUT2D eigenvalue weighted by Crippen LogP contribution is -2.55. The highest BCUT2D eigenvalue weighted by atomic mass is 79.9. The van der Waals surface area contributed by atoms with Crippen LogP contribution < -0.4 is 4.90 Å². The maximum atomic E-state index is 12.2. The number of piperazine rings is 1. The van der Waals surface area contributed by atoms with E-state index in [1.165, 1.54) is 0 Å². The molecule has 21 heavy (non-hydrogen) atoms. The summed E-state index contributed by atoms with van der Waals surface area (Å²) in [5.74, 6) is 0.828. The number of anilines is 1. The zero-order chi connectivity index (χ0) is 15.6. The number of hydrogen-bond donors (Lipinski definition) is 0. The summed E-state index contributed by atoms with van der Waals surface area (Å²) in [5.41, 5.74) is -0.467. The first-order valence-corrected chi connectivity index (χ1v) is 7.78. The van der Waals surface area contributed by atoms with Gasteiger partial charge in [0.25, 0.3) is 0 Å². The van der Waals surface area contributed by atoms with Crippen LogP contribution in [0.15, 0.2) is 17.0 Å². The minimum atomic E-state index is -0.467. The Morgan fingerprint density at radius 1 is 1.33 bits per heavy atom. The molecule has 1 aliphatic rings. The van der Waals surface area contributed by atoms with E-state index in [2.05, 4.69) is 30.8 Å². The van der Waals surface area contributed by atoms with Crippen molar-refractivity contribution in [3.63, 3.8) is 0 Å². The monoisotopic (exact) mass is 356 g/mol. The molecule has 1 aromatic rings. The topological polar surface area (TPSA) is 58.6 Å². The van der Waals surface area contributed by atoms with Gasteiger partial charge in [-0.05, 0) is 43.6 Å². The fourth-order valence-corrected chi connectivity index (χ4v) is 2.43. The van der Waals surface area contributed by atoms with Crippen LogP contribution in [-0.4, -0.2) is 52.2 Å². The molecule has 116 valence electrons. The summed E-state index contributed by atoms with van der Waals surface area (Å²) in [6.45, 7) is 9.71. The number of nitrogens with zero attached hydrogens (tertiary/aromatic N) is 4. The van der Waals surface area contributed by atoms with E-state index in [0.717, 1.165) is 18.9 Å². The van der Waals surface area contributed by atoms with Gasteiger partial charge in [-0.15, -0.1) is 0 Å². The Balaban J connectivity index is 1.99. The molecule has 0 radical (unpaired) electrons. The van der Waals surface area contributed by atoms with Gasteiger partial charge in [0, 0.05) is 25.7 Å². The quantitative estimate of drug-likeness (QED) is 0.774. The van der Waals surface area contributed by atoms with Crippen molar-refractivity contribution in [2.24, 2.45) is 0 Å². The molecule has 1 amide bonds. The summed E-state index contributed by atoms with van der Waals surface area (Å²) in [6, 6.07) is 0.0686. The second-order valence-electron chi connectivity index (χ2n) is 6.17. The molecule has 7 heteroatoms. The van der Waals surface area contributed by atoms with Crippen LogP contribution in [0.4, 0.5) is 10.6 Å². The van der Waals surface area contributed by atoms with Gasteiger partial charge in [-0.3, -0.25) is 0 Å². The summed E-state index contributed by atoms with van der Waals surface area (Å²) in [7, 11) is 0. The average Bonchev–Trinajstić information content (AvgIpc) is 2.37. The van der Waals surface area contributed by atoms with Crippen LogP contribution in [0.3, 0.4) is 0 Å². The Hall–Kier alpha value is -1.37. The minimum Gasteiger partial charge on any atom is -0.444 e. The molecule has 0 saturated carbocycles. The SMILES string of the molecule is CC1CN(c2cnc(Br)cn2)CCN1C(=O)OC(C)(C)C. The summed E-state index contributed by atoms with van der Waals surface area (Å²) in [6.07, 6.45) is 3.16. The second-order valence-corrected chi connectivity index (χ2v) is 6.98. The standard InChI is InChI=1S/C14H21BrN4O2/c1-10-9-18(12-8-16-11(15)7-17-12)5-6-19(10)13(20)21-14(2,3)4/h7-8,10H,5-6,9H2,1-4H3. The smallest absolute Gasteiger partial charge is 0.410 e. The van der Waals surface area contributed by atoms with Crippen LogP contribution in [0.1, 0.15) is 27.7 Å². The fourth-order valence-electron chi connectivity index (χ4n) is 2.23. The highest BCUT2D eigenvalue weighted by molar-refractivity contribution is 9.10. The summed E-state index contributed by atoms with van der Waals surface area (Å²) < 4.78 is 6.15. The van der Waals surface area contributed by atoms with Crippen LogP contribution in [0.2, 0.25) is 0 Å². The van der Waals surface area contributed by atoms with Crippen molar-refractivity contribution >= 4 is 27.8 Å². The van der Waals surface area contributed by atoms with Crippen molar-refractivity contribution in [1.82, 2.24) is 14.9 Å². The highest BCUT2D eigenvalue weighted by Gasteiger charge is 2.31. The van der Waals surface area contributed by atoms with E-state index in [-0.39, 0.29) is 12.1 Å². The van der Waals surface area contributed by atoms with Crippen LogP contribution in [0, 0.1) is 0 Å². The molecule has 1 fully saturated rings. The Labute approximate surface area is 133 Å². The maximum absolute atomic E-state index is 12.2. The number of amides is 1. The summed E-state index contributed by atoms with van der Waals surface area (Å²) >= 11 is 3.28. The number of carbonyl (C=O) groups is 1. The van der Waals surface area contributed by atoms with E-state index in [4.69, 9.17) is 4.74 Å². The minimum absolute atomic E-state index is 0.0686. The highest BCUT2D eigenvalue weighted by Crippen LogP contribution is 2.19. The molecule has 0 spiro atoms. The molecular formula is C14H21BrN4O2. The van der Waals surface area contributed by atoms with Gasteiger partial charge in [0.15, 0.2) is 0 Å². The Bertz CT molecular complexity index is 501. The summed E-state index contributed by atoms with van der Waals surface area (Å²) in [5, 5.41) is 0. The predicted octanol–water partition coefficient (Wildman–Crippen LogP) is 2.68. The molecule has 0 aromatic carbocycles. The van der Waals surface area contributed by atoms with Crippen LogP contribution >= 0.6 is 15.9 Å². The van der Waals surface area contributed by atoms with Crippen molar-refractivity contribution in [2.45, 2.75) is 39.3 Å². The van der Waals surface area contributed by atoms with E-state index >= 15 is 0 Å². The zero-order valence-electron chi connectivity index (χ0n) is 12.8. The lowest BCUT2D eigenvalue weighted by molar-refractivity contribution is 0.0158. The average molecular weight is 357 g/mol. The molecule has 6 nitrogen and oxygen atoms in total. The fraction of sp³-hybridized carbons (Fsp3) is 0.643. The van der Waals surface area contributed by atoms with Crippen molar-refractivity contribution in [1.29, 1.82) is 0 Å². The molecule has 1 aromatic heterocycles. The van der Waals surface area contributed by atoms with Gasteiger partial charge in [-0.1, -0.05) is 0 Å². The largest absolute Gasteiger partial charge is 0.444 e. The normalized spacial score (nSPS) is 19.6. The number of rotatable bonds is 1. The molecule has 1 saturated heterocycles. The lowest BCUT2D eigenvalue weighted by Gasteiger charge is -2.40. The second kappa shape index (κ2) is 6.17. The summed E-state index contributed by atoms with van der Waals surface area (Å²) in [4.78, 5) is 24.6. The molecule has 2 heterocycles. The van der Waals surface area contributed by atoms with E-state index in [1.807, 2.05) is 27.7 Å². The van der Waals surface area contributed by atoms with Gasteiger partial charge in [0.1, 0.15) is 16.0 Å². The molecule has 2 rings (SSSR count). The molecule has 0 N–H and O–H groups in total. The molecular weight excluding hydrogens is 336 g/mol. The van der Waals surface area contributed by atoms with Gasteiger partial charge in [-0.25, -0.2) is 14.8 Å². The molecule has 0 bridgehead atoms. The van der Waals surface area contributed by atoms with Crippen molar-refractivity contribution in [3.05, 3.63) is 17.0 Å². The van der Waals surface area contributed by atoms with Gasteiger partial charge in [0.2, 0.25) is 0 Å². The number of carbonyl (C=O) groups excluding carboxylic acids is 1. The first-order chi connectivity index (χ1) is 9.76. The molecule has 1 atom stereocenters. The number of aromatic nitrogens is 2. The van der Waals surface area contributed by atoms with Crippen LogP contribution in [-0.2, 0) is 4.74 Å². The van der Waals surface area contributed by atoms with E-state index in [0.29, 0.717) is 11.1 Å². The Kier molecular flexibility index (Phi) is 4.70. The maximum Gasteiger partial charge on any atom is 0.410 e. The Morgan fingerprint density at radius 3 is 2.57 bits per heavy atom. The van der Waals surface area contributed by atoms with E-state index in [9.17, 15) is 4.79 Å². The van der Waals surface area contributed by atoms with E-state index in [1.54, 1.807) is 17.3 Å². The molecule has 1 aliphatic heterocycles. The number of hydrogen-bond acceptors (Lipinski definition) is 5. The third kappa shape index (κ3) is 4.30.